The number of carbonyl (C=O) groups excluding carboxylic acids is 1. The zero-order valence-electron chi connectivity index (χ0n) is 15.9. The van der Waals surface area contributed by atoms with Gasteiger partial charge in [0.15, 0.2) is 5.78 Å². The van der Waals surface area contributed by atoms with Gasteiger partial charge in [0.1, 0.15) is 11.4 Å². The molecule has 2 aromatic heterocycles. The Morgan fingerprint density at radius 1 is 1.31 bits per heavy atom. The molecule has 0 amide bonds. The van der Waals surface area contributed by atoms with E-state index < -0.39 is 0 Å². The van der Waals surface area contributed by atoms with Crippen LogP contribution in [0.15, 0.2) is 53.6 Å². The molecule has 0 radical (unpaired) electrons. The zero-order valence-corrected chi connectivity index (χ0v) is 15.9. The third kappa shape index (κ3) is 3.92. The molecule has 144 valence electrons. The molecule has 2 heterocycles. The Bertz CT molecular complexity index is 1170. The van der Waals surface area contributed by atoms with Crippen LogP contribution >= 0.6 is 0 Å². The van der Waals surface area contributed by atoms with E-state index in [1.807, 2.05) is 6.07 Å². The van der Waals surface area contributed by atoms with Crippen LogP contribution in [0.5, 0.6) is 0 Å². The third-order valence-electron chi connectivity index (χ3n) is 4.83. The van der Waals surface area contributed by atoms with Crippen molar-refractivity contribution in [3.8, 4) is 17.3 Å². The van der Waals surface area contributed by atoms with Crippen LogP contribution in [0.3, 0.4) is 0 Å². The average Bonchev–Trinajstić information content (AvgIpc) is 3.55. The Morgan fingerprint density at radius 2 is 2.14 bits per heavy atom. The molecule has 0 aliphatic heterocycles. The molecule has 0 unspecified atom stereocenters. The van der Waals surface area contributed by atoms with Gasteiger partial charge in [-0.3, -0.25) is 14.6 Å². The van der Waals surface area contributed by atoms with E-state index in [4.69, 9.17) is 5.26 Å². The molecular weight excluding hydrogens is 366 g/mol. The summed E-state index contributed by atoms with van der Waals surface area (Å²) in [6, 6.07) is 12.4. The summed E-state index contributed by atoms with van der Waals surface area (Å²) in [6.07, 6.45) is 5.40. The maximum atomic E-state index is 13.2. The first-order chi connectivity index (χ1) is 14.1. The molecule has 1 aliphatic rings. The third-order valence-corrected chi connectivity index (χ3v) is 4.83. The predicted octanol–water partition coefficient (Wildman–Crippen LogP) is 3.53. The number of aromatic nitrogens is 3. The van der Waals surface area contributed by atoms with Crippen molar-refractivity contribution in [3.63, 3.8) is 0 Å². The quantitative estimate of drug-likeness (QED) is 0.652. The molecule has 1 aromatic carbocycles. The summed E-state index contributed by atoms with van der Waals surface area (Å²) in [7, 11) is 0. The number of benzene rings is 1. The molecule has 0 spiro atoms. The molecule has 0 bridgehead atoms. The minimum absolute atomic E-state index is 0.169. The second-order valence-electron chi connectivity index (χ2n) is 7.14. The minimum atomic E-state index is -0.350. The number of nitriles is 1. The van der Waals surface area contributed by atoms with E-state index in [0.29, 0.717) is 35.0 Å². The number of ketones is 1. The monoisotopic (exact) mass is 385 g/mol. The summed E-state index contributed by atoms with van der Waals surface area (Å²) < 4.78 is 1.43. The fourth-order valence-corrected chi connectivity index (χ4v) is 3.21. The van der Waals surface area contributed by atoms with Crippen molar-refractivity contribution in [1.29, 1.82) is 5.26 Å². The average molecular weight is 385 g/mol. The van der Waals surface area contributed by atoms with Crippen LogP contribution in [0.25, 0.3) is 11.3 Å². The zero-order chi connectivity index (χ0) is 20.4. The molecule has 29 heavy (non-hydrogen) atoms. The van der Waals surface area contributed by atoms with Gasteiger partial charge in [-0.25, -0.2) is 4.68 Å². The van der Waals surface area contributed by atoms with Crippen LogP contribution in [-0.4, -0.2) is 20.5 Å². The maximum Gasteiger partial charge on any atom is 0.291 e. The van der Waals surface area contributed by atoms with Crippen molar-refractivity contribution in [3.05, 3.63) is 70.3 Å². The van der Waals surface area contributed by atoms with Crippen LogP contribution < -0.4 is 10.9 Å². The first-order valence-corrected chi connectivity index (χ1v) is 9.40. The van der Waals surface area contributed by atoms with Crippen LogP contribution in [0, 0.1) is 17.2 Å². The number of nitrogens with one attached hydrogen (secondary N) is 1. The van der Waals surface area contributed by atoms with Gasteiger partial charge in [-0.2, -0.15) is 10.4 Å². The van der Waals surface area contributed by atoms with E-state index in [1.165, 1.54) is 11.6 Å². The van der Waals surface area contributed by atoms with Gasteiger partial charge in [-0.1, -0.05) is 6.07 Å². The van der Waals surface area contributed by atoms with E-state index in [2.05, 4.69) is 21.5 Å². The number of carbonyl (C=O) groups is 1. The lowest BCUT2D eigenvalue weighted by atomic mass is 10.0. The Balaban J connectivity index is 1.92. The van der Waals surface area contributed by atoms with Crippen molar-refractivity contribution >= 4 is 17.2 Å². The molecule has 7 heteroatoms. The van der Waals surface area contributed by atoms with Crippen LogP contribution in [-0.2, 0) is 6.54 Å². The number of anilines is 2. The normalized spacial score (nSPS) is 13.0. The molecule has 1 fully saturated rings. The van der Waals surface area contributed by atoms with Crippen LogP contribution in [0.4, 0.5) is 11.4 Å². The van der Waals surface area contributed by atoms with Crippen molar-refractivity contribution in [2.75, 3.05) is 5.32 Å². The van der Waals surface area contributed by atoms with Gasteiger partial charge >= 0.3 is 0 Å². The smallest absolute Gasteiger partial charge is 0.291 e. The number of rotatable bonds is 6. The van der Waals surface area contributed by atoms with Crippen molar-refractivity contribution < 1.29 is 4.79 Å². The van der Waals surface area contributed by atoms with Crippen LogP contribution in [0.1, 0.15) is 35.7 Å². The summed E-state index contributed by atoms with van der Waals surface area (Å²) >= 11 is 0. The lowest BCUT2D eigenvalue weighted by Crippen LogP contribution is -2.29. The number of hydrogen-bond donors (Lipinski definition) is 1. The predicted molar refractivity (Wildman–Crippen MR) is 109 cm³/mol. The number of hydrogen-bond acceptors (Lipinski definition) is 6. The van der Waals surface area contributed by atoms with Gasteiger partial charge in [0.2, 0.25) is 0 Å². The highest BCUT2D eigenvalue weighted by atomic mass is 16.1. The van der Waals surface area contributed by atoms with Crippen molar-refractivity contribution in [1.82, 2.24) is 14.8 Å². The molecule has 7 nitrogen and oxygen atoms in total. The molecule has 0 saturated heterocycles. The fraction of sp³-hybridized carbons (Fsp3) is 0.227. The Kier molecular flexibility index (Phi) is 4.92. The highest BCUT2D eigenvalue weighted by Gasteiger charge is 2.27. The molecule has 1 aliphatic carbocycles. The van der Waals surface area contributed by atoms with Crippen molar-refractivity contribution in [2.24, 2.45) is 5.92 Å². The second kappa shape index (κ2) is 7.68. The second-order valence-corrected chi connectivity index (χ2v) is 7.14. The first-order valence-electron chi connectivity index (χ1n) is 9.40. The molecule has 3 aromatic rings. The van der Waals surface area contributed by atoms with E-state index >= 15 is 0 Å². The summed E-state index contributed by atoms with van der Waals surface area (Å²) in [5.41, 5.74) is 2.14. The maximum absolute atomic E-state index is 13.2. The summed E-state index contributed by atoms with van der Waals surface area (Å²) in [6.45, 7) is 1.93. The van der Waals surface area contributed by atoms with E-state index in [9.17, 15) is 9.59 Å². The highest BCUT2D eigenvalue weighted by molar-refractivity contribution is 6.05. The Morgan fingerprint density at radius 3 is 2.79 bits per heavy atom. The van der Waals surface area contributed by atoms with E-state index in [-0.39, 0.29) is 22.6 Å². The van der Waals surface area contributed by atoms with E-state index in [1.54, 1.807) is 42.7 Å². The van der Waals surface area contributed by atoms with Gasteiger partial charge in [-0.05, 0) is 56.0 Å². The number of Topliss-reactive ketones (excluding diaryl/α,β-unsaturated/α-hetero) is 1. The van der Waals surface area contributed by atoms with Gasteiger partial charge < -0.3 is 5.32 Å². The Hall–Kier alpha value is -3.79. The summed E-state index contributed by atoms with van der Waals surface area (Å²) in [4.78, 5) is 29.9. The molecule has 1 saturated carbocycles. The topological polar surface area (TPSA) is 101 Å². The molecule has 4 rings (SSSR count). The van der Waals surface area contributed by atoms with Crippen molar-refractivity contribution in [2.45, 2.75) is 26.3 Å². The summed E-state index contributed by atoms with van der Waals surface area (Å²) in [5, 5.41) is 16.8. The molecule has 0 atom stereocenters. The SMILES string of the molecule is CC(=O)c1c(-c2cccnc2)nn(CC2CC2)c(=O)c1Nc1cccc(C#N)c1. The van der Waals surface area contributed by atoms with Gasteiger partial charge in [-0.15, -0.1) is 0 Å². The number of pyridine rings is 1. The number of nitrogens with zero attached hydrogens (tertiary/aromatic N) is 4. The van der Waals surface area contributed by atoms with Gasteiger partial charge in [0, 0.05) is 30.2 Å². The highest BCUT2D eigenvalue weighted by Crippen LogP contribution is 2.32. The van der Waals surface area contributed by atoms with E-state index in [0.717, 1.165) is 12.8 Å². The fourth-order valence-electron chi connectivity index (χ4n) is 3.21. The largest absolute Gasteiger partial charge is 0.350 e. The van der Waals surface area contributed by atoms with Crippen LogP contribution in [0.2, 0.25) is 0 Å². The van der Waals surface area contributed by atoms with Gasteiger partial charge in [0.05, 0.1) is 17.2 Å². The summed E-state index contributed by atoms with van der Waals surface area (Å²) in [5.74, 6) is 0.158. The lowest BCUT2D eigenvalue weighted by molar-refractivity contribution is 0.101. The standard InChI is InChI=1S/C22H19N5O2/c1-14(28)19-20(17-5-3-9-24-12-17)26-27(13-15-7-8-15)22(29)21(19)25-18-6-2-4-16(10-18)11-23/h2-6,9-10,12,15,25H,7-8,13H2,1H3. The minimum Gasteiger partial charge on any atom is -0.350 e. The lowest BCUT2D eigenvalue weighted by Gasteiger charge is -2.16. The first kappa shape index (κ1) is 18.6. The van der Waals surface area contributed by atoms with Gasteiger partial charge in [0.25, 0.3) is 5.56 Å². The Labute approximate surface area is 167 Å². The molecule has 1 N–H and O–H groups in total. The molecular formula is C22H19N5O2.